The van der Waals surface area contributed by atoms with Crippen LogP contribution in [0.5, 0.6) is 23.0 Å². The molecule has 4 heteroatoms. The first kappa shape index (κ1) is 56.8. The van der Waals surface area contributed by atoms with Gasteiger partial charge in [0.2, 0.25) is 11.5 Å². The van der Waals surface area contributed by atoms with Crippen LogP contribution in [0.25, 0.3) is 0 Å². The molecule has 2 N–H and O–H groups in total. The monoisotopic (exact) mass is 865 g/mol. The van der Waals surface area contributed by atoms with Crippen LogP contribution in [-0.4, -0.2) is 24.4 Å². The van der Waals surface area contributed by atoms with Crippen LogP contribution >= 0.6 is 0 Å². The summed E-state index contributed by atoms with van der Waals surface area (Å²) in [5, 5.41) is 21.3. The van der Waals surface area contributed by atoms with Gasteiger partial charge in [-0.1, -0.05) is 116 Å². The predicted octanol–water partition coefficient (Wildman–Crippen LogP) is 18.5. The third-order valence-corrected chi connectivity index (χ3v) is 12.1. The molecule has 0 bridgehead atoms. The lowest BCUT2D eigenvalue weighted by molar-refractivity contribution is 0.314. The summed E-state index contributed by atoms with van der Waals surface area (Å²) in [5.74, 6) is 0.356. The number of phenols is 2. The summed E-state index contributed by atoms with van der Waals surface area (Å²) in [4.78, 5) is 0. The molecular weight excluding hydrogens is 773 g/mol. The minimum absolute atomic E-state index is 0.00634. The quantitative estimate of drug-likeness (QED) is 0.0577. The van der Waals surface area contributed by atoms with E-state index >= 15 is 0 Å². The molecule has 0 radical (unpaired) electrons. The van der Waals surface area contributed by atoms with E-state index in [1.54, 1.807) is 6.92 Å². The highest BCUT2D eigenvalue weighted by atomic mass is 16.5. The lowest BCUT2D eigenvalue weighted by Gasteiger charge is -2.17. The van der Waals surface area contributed by atoms with E-state index in [1.165, 1.54) is 89.2 Å². The Morgan fingerprint density at radius 3 is 0.810 bits per heavy atom. The van der Waals surface area contributed by atoms with Crippen LogP contribution in [-0.2, 0) is 6.42 Å². The van der Waals surface area contributed by atoms with Crippen LogP contribution in [0.3, 0.4) is 0 Å². The van der Waals surface area contributed by atoms with Gasteiger partial charge in [0.25, 0.3) is 0 Å². The van der Waals surface area contributed by atoms with Gasteiger partial charge in [-0.05, 0) is 205 Å². The Kier molecular flexibility index (Phi) is 30.1. The molecule has 63 heavy (non-hydrogen) atoms. The summed E-state index contributed by atoms with van der Waals surface area (Å²) in [6, 6.07) is 0. The minimum Gasteiger partial charge on any atom is -0.504 e. The molecule has 0 amide bonds. The maximum Gasteiger partial charge on any atom is 0.207 e. The van der Waals surface area contributed by atoms with Crippen LogP contribution in [0, 0.1) is 6.92 Å². The second-order valence-corrected chi connectivity index (χ2v) is 18.7. The summed E-state index contributed by atoms with van der Waals surface area (Å²) in [5.41, 5.74) is 15.9. The summed E-state index contributed by atoms with van der Waals surface area (Å²) in [6.45, 7) is 26.5. The van der Waals surface area contributed by atoms with Crippen molar-refractivity contribution in [2.45, 2.75) is 205 Å². The molecule has 0 spiro atoms. The molecule has 4 nitrogen and oxygen atoms in total. The molecule has 0 atom stereocenters. The van der Waals surface area contributed by atoms with Crippen LogP contribution in [0.1, 0.15) is 203 Å². The van der Waals surface area contributed by atoms with Crippen molar-refractivity contribution in [1.82, 2.24) is 0 Å². The van der Waals surface area contributed by atoms with Gasteiger partial charge in [0, 0.05) is 11.1 Å². The van der Waals surface area contributed by atoms with Crippen molar-refractivity contribution in [2.24, 2.45) is 0 Å². The zero-order valence-corrected chi connectivity index (χ0v) is 42.9. The SMILES string of the molecule is COc1c(O)c(C)c(C/C=C(\C)CC/C=C(\C)CC/C=C(\C)CC/C=C(/C)CC/C=C(\C)CC/C=C(\C)CC/C=C(\C)CC/C=C(\C)CC/C=C(\C)CCC=C(C)C)c(O)c1OC. The number of rotatable bonds is 31. The van der Waals surface area contributed by atoms with Crippen LogP contribution in [0.4, 0.5) is 0 Å². The molecule has 1 aromatic carbocycles. The van der Waals surface area contributed by atoms with E-state index in [9.17, 15) is 10.2 Å². The normalized spacial score (nSPS) is 14.2. The molecular formula is C59H92O4. The Morgan fingerprint density at radius 2 is 0.571 bits per heavy atom. The van der Waals surface area contributed by atoms with Gasteiger partial charge in [-0.15, -0.1) is 0 Å². The van der Waals surface area contributed by atoms with E-state index in [4.69, 9.17) is 9.47 Å². The highest BCUT2D eigenvalue weighted by Gasteiger charge is 2.22. The minimum atomic E-state index is 0.00634. The Balaban J connectivity index is 2.32. The van der Waals surface area contributed by atoms with Gasteiger partial charge < -0.3 is 19.7 Å². The topological polar surface area (TPSA) is 58.9 Å². The van der Waals surface area contributed by atoms with Crippen molar-refractivity contribution >= 4 is 0 Å². The number of phenolic OH excluding ortho intramolecular Hbond substituents is 2. The first-order valence-electron chi connectivity index (χ1n) is 24.2. The summed E-state index contributed by atoms with van der Waals surface area (Å²) in [6.07, 6.45) is 44.6. The van der Waals surface area contributed by atoms with Crippen molar-refractivity contribution < 1.29 is 19.7 Å². The number of hydrogen-bond donors (Lipinski definition) is 2. The number of methoxy groups -OCH3 is 2. The number of hydrogen-bond acceptors (Lipinski definition) is 4. The smallest absolute Gasteiger partial charge is 0.207 e. The number of aromatic hydroxyl groups is 2. The maximum absolute atomic E-state index is 10.7. The highest BCUT2D eigenvalue weighted by Crippen LogP contribution is 2.48. The van der Waals surface area contributed by atoms with Crippen molar-refractivity contribution in [3.63, 3.8) is 0 Å². The fraction of sp³-hybridized carbons (Fsp3) is 0.559. The van der Waals surface area contributed by atoms with E-state index in [0.717, 1.165) is 96.3 Å². The van der Waals surface area contributed by atoms with Gasteiger partial charge >= 0.3 is 0 Å². The lowest BCUT2D eigenvalue weighted by Crippen LogP contribution is -1.98. The molecule has 0 aliphatic carbocycles. The third-order valence-electron chi connectivity index (χ3n) is 12.1. The molecule has 0 saturated carbocycles. The van der Waals surface area contributed by atoms with Crippen LogP contribution < -0.4 is 9.47 Å². The van der Waals surface area contributed by atoms with Crippen molar-refractivity contribution in [3.8, 4) is 23.0 Å². The fourth-order valence-corrected chi connectivity index (χ4v) is 7.62. The van der Waals surface area contributed by atoms with Gasteiger partial charge in [-0.25, -0.2) is 0 Å². The van der Waals surface area contributed by atoms with Gasteiger partial charge in [-0.3, -0.25) is 0 Å². The molecule has 1 aromatic rings. The summed E-state index contributed by atoms with van der Waals surface area (Å²) in [7, 11) is 2.91. The molecule has 0 unspecified atom stereocenters. The first-order valence-corrected chi connectivity index (χ1v) is 24.2. The molecule has 0 fully saturated rings. The third kappa shape index (κ3) is 26.3. The molecule has 1 rings (SSSR count). The average molecular weight is 865 g/mol. The molecule has 0 heterocycles. The van der Waals surface area contributed by atoms with Crippen molar-refractivity contribution in [2.75, 3.05) is 14.2 Å². The first-order chi connectivity index (χ1) is 30.0. The van der Waals surface area contributed by atoms with E-state index in [-0.39, 0.29) is 23.0 Å². The van der Waals surface area contributed by atoms with Gasteiger partial charge in [0.15, 0.2) is 11.5 Å². The predicted molar refractivity (Wildman–Crippen MR) is 278 cm³/mol. The summed E-state index contributed by atoms with van der Waals surface area (Å²) >= 11 is 0. The Labute approximate surface area is 388 Å². The molecule has 0 saturated heterocycles. The van der Waals surface area contributed by atoms with E-state index in [2.05, 4.69) is 137 Å². The lowest BCUT2D eigenvalue weighted by atomic mass is 9.99. The van der Waals surface area contributed by atoms with E-state index < -0.39 is 0 Å². The molecule has 0 aromatic heterocycles. The van der Waals surface area contributed by atoms with E-state index in [0.29, 0.717) is 17.5 Å². The van der Waals surface area contributed by atoms with Gasteiger partial charge in [0.1, 0.15) is 0 Å². The Morgan fingerprint density at radius 1 is 0.349 bits per heavy atom. The number of ether oxygens (including phenoxy) is 2. The fourth-order valence-electron chi connectivity index (χ4n) is 7.62. The zero-order chi connectivity index (χ0) is 47.2. The van der Waals surface area contributed by atoms with Crippen molar-refractivity contribution in [1.29, 1.82) is 0 Å². The number of allylic oxidation sites excluding steroid dienone is 20. The summed E-state index contributed by atoms with van der Waals surface area (Å²) < 4.78 is 10.5. The molecule has 352 valence electrons. The molecule has 0 aliphatic heterocycles. The highest BCUT2D eigenvalue weighted by molar-refractivity contribution is 5.66. The second kappa shape index (κ2) is 33.3. The van der Waals surface area contributed by atoms with Crippen LogP contribution in [0.2, 0.25) is 0 Å². The standard InChI is InChI=1S/C59H92O4/c1-44(2)24-15-25-45(3)26-16-27-46(4)28-17-29-47(5)30-18-31-48(6)32-19-33-49(7)34-20-35-50(8)36-21-37-51(9)38-22-39-52(10)40-23-41-53(11)42-43-55-54(12)56(60)58(62-13)59(63-14)57(55)61/h24,26,28,30,32,34,36,38,40,42,60-61H,15-23,25,27,29,31,33,35,37,39,41,43H2,1-14H3/b45-26+,46-28+,47-30+,48-32+,49-34+,50-36-,51-38+,52-40+,53-42+. The van der Waals surface area contributed by atoms with E-state index in [1.807, 2.05) is 0 Å². The maximum atomic E-state index is 10.7. The molecule has 0 aliphatic rings. The van der Waals surface area contributed by atoms with Gasteiger partial charge in [-0.2, -0.15) is 0 Å². The van der Waals surface area contributed by atoms with Gasteiger partial charge in [0.05, 0.1) is 14.2 Å². The Bertz CT molecular complexity index is 1840. The second-order valence-electron chi connectivity index (χ2n) is 18.7. The zero-order valence-electron chi connectivity index (χ0n) is 42.9. The van der Waals surface area contributed by atoms with Crippen LogP contribution in [0.15, 0.2) is 116 Å². The largest absolute Gasteiger partial charge is 0.504 e. The van der Waals surface area contributed by atoms with Crippen molar-refractivity contribution in [3.05, 3.63) is 128 Å². The number of benzene rings is 1. The average Bonchev–Trinajstić information content (AvgIpc) is 3.21. The Hall–Kier alpha value is -4.18.